The quantitative estimate of drug-likeness (QED) is 0.156. The van der Waals surface area contributed by atoms with E-state index in [-0.39, 0.29) is 0 Å². The Labute approximate surface area is 367 Å². The zero-order valence-electron chi connectivity index (χ0n) is 34.2. The summed E-state index contributed by atoms with van der Waals surface area (Å²) in [6.07, 6.45) is 0. The summed E-state index contributed by atoms with van der Waals surface area (Å²) >= 11 is -3.67. The van der Waals surface area contributed by atoms with Gasteiger partial charge in [-0.15, -0.1) is 0 Å². The summed E-state index contributed by atoms with van der Waals surface area (Å²) in [5.74, 6) is 0.720. The van der Waals surface area contributed by atoms with Crippen LogP contribution in [0.2, 0.25) is 0 Å². The van der Waals surface area contributed by atoms with Gasteiger partial charge in [-0.25, -0.2) is 0 Å². The van der Waals surface area contributed by atoms with E-state index in [9.17, 15) is 0 Å². The van der Waals surface area contributed by atoms with Gasteiger partial charge in [0.1, 0.15) is 0 Å². The molecule has 0 saturated carbocycles. The van der Waals surface area contributed by atoms with Gasteiger partial charge in [0.25, 0.3) is 0 Å². The number of rotatable bonds is 6. The molecular weight excluding hydrogens is 825 g/mol. The molecule has 0 aliphatic carbocycles. The molecule has 1 aliphatic heterocycles. The van der Waals surface area contributed by atoms with Gasteiger partial charge in [-0.3, -0.25) is 0 Å². The van der Waals surface area contributed by atoms with Crippen molar-refractivity contribution in [2.75, 3.05) is 0 Å². The van der Waals surface area contributed by atoms with E-state index >= 15 is 0 Å². The molecule has 0 spiro atoms. The van der Waals surface area contributed by atoms with Gasteiger partial charge in [-0.1, -0.05) is 36.4 Å². The number of hydrogen-bond acceptors (Lipinski definition) is 2. The van der Waals surface area contributed by atoms with Gasteiger partial charge < -0.3 is 4.57 Å². The van der Waals surface area contributed by atoms with Crippen molar-refractivity contribution in [2.24, 2.45) is 0 Å². The third-order valence-corrected chi connectivity index (χ3v) is 23.4. The van der Waals surface area contributed by atoms with Crippen molar-refractivity contribution < 1.29 is 0 Å². The van der Waals surface area contributed by atoms with Crippen LogP contribution in [0.1, 0.15) is 0 Å². The molecule has 12 aromatic rings. The van der Waals surface area contributed by atoms with Gasteiger partial charge in [-0.2, -0.15) is 0 Å². The number of para-hydroxylation sites is 3. The predicted octanol–water partition coefficient (Wildman–Crippen LogP) is 11.4. The molecule has 1 aliphatic rings. The second kappa shape index (κ2) is 14.1. The zero-order valence-corrected chi connectivity index (χ0v) is 36.3. The summed E-state index contributed by atoms with van der Waals surface area (Å²) in [6, 6.07) is 84.0. The van der Waals surface area contributed by atoms with Crippen LogP contribution in [0, 0.1) is 0 Å². The van der Waals surface area contributed by atoms with Crippen LogP contribution in [0.25, 0.3) is 88.9 Å². The van der Waals surface area contributed by atoms with Crippen molar-refractivity contribution in [3.63, 3.8) is 0 Å². The average molecular weight is 864 g/mol. The Morgan fingerprint density at radius 1 is 0.333 bits per heavy atom. The first-order valence-corrected chi connectivity index (χ1v) is 25.8. The van der Waals surface area contributed by atoms with Crippen molar-refractivity contribution >= 4 is 74.5 Å². The Morgan fingerprint density at radius 2 is 0.810 bits per heavy atom. The Bertz CT molecular complexity index is 3690. The monoisotopic (exact) mass is 864 g/mol. The number of fused-ring (bicyclic) bond motifs is 9. The molecule has 5 heteroatoms. The van der Waals surface area contributed by atoms with E-state index in [2.05, 4.69) is 240 Å². The molecule has 0 fully saturated rings. The maximum atomic E-state index is 5.69. The molecule has 3 aromatic heterocycles. The molecule has 63 heavy (non-hydrogen) atoms. The van der Waals surface area contributed by atoms with Gasteiger partial charge in [-0.05, 0) is 18.2 Å². The third kappa shape index (κ3) is 5.28. The Hall–Kier alpha value is -7.80. The summed E-state index contributed by atoms with van der Waals surface area (Å²) in [6.45, 7) is 0. The normalized spacial score (nSPS) is 12.9. The maximum absolute atomic E-state index is 5.69. The summed E-state index contributed by atoms with van der Waals surface area (Å²) in [5.41, 5.74) is 12.3. The molecule has 4 heterocycles. The third-order valence-electron chi connectivity index (χ3n) is 13.2. The van der Waals surface area contributed by atoms with Crippen molar-refractivity contribution in [1.29, 1.82) is 0 Å². The van der Waals surface area contributed by atoms with Crippen LogP contribution in [0.3, 0.4) is 0 Å². The predicted molar refractivity (Wildman–Crippen MR) is 264 cm³/mol. The average Bonchev–Trinajstić information content (AvgIpc) is 3.98. The standard InChI is InChI=1S/C58H38GeN4/c1-5-20-39(21-6-1)56-55-57(47-32-13-16-33-50(47)59(55,41-23-7-2-8-24-41)42-25-9-3-10-26-42)61-58(60-56)40-22-19-29-44(36-40)63-52-35-18-15-31-46(52)49-37-53-48(38-54(49)63)45-30-14-17-34-51(45)62(53)43-27-11-4-12-28-43/h1-38H. The fourth-order valence-corrected chi connectivity index (χ4v) is 21.6. The van der Waals surface area contributed by atoms with E-state index in [0.717, 1.165) is 50.7 Å². The van der Waals surface area contributed by atoms with Crippen molar-refractivity contribution in [3.05, 3.63) is 231 Å². The van der Waals surface area contributed by atoms with Crippen molar-refractivity contribution in [1.82, 2.24) is 19.1 Å². The first-order chi connectivity index (χ1) is 31.3. The van der Waals surface area contributed by atoms with Crippen molar-refractivity contribution in [2.45, 2.75) is 0 Å². The van der Waals surface area contributed by atoms with Gasteiger partial charge in [0.2, 0.25) is 0 Å². The Kier molecular flexibility index (Phi) is 8.05. The number of hydrogen-bond donors (Lipinski definition) is 0. The number of benzene rings is 9. The fraction of sp³-hybridized carbons (Fsp3) is 0. The number of aromatic nitrogens is 4. The molecule has 0 bridgehead atoms. The molecule has 9 aromatic carbocycles. The van der Waals surface area contributed by atoms with Gasteiger partial charge in [0.05, 0.1) is 5.52 Å². The second-order valence-corrected chi connectivity index (χ2v) is 24.2. The van der Waals surface area contributed by atoms with Crippen LogP contribution in [0.15, 0.2) is 231 Å². The molecule has 0 amide bonds. The second-order valence-electron chi connectivity index (χ2n) is 16.5. The van der Waals surface area contributed by atoms with Crippen LogP contribution in [0.4, 0.5) is 0 Å². The molecule has 0 radical (unpaired) electrons. The fourth-order valence-electron chi connectivity index (χ4n) is 10.6. The van der Waals surface area contributed by atoms with Crippen LogP contribution in [-0.4, -0.2) is 32.4 Å². The summed E-state index contributed by atoms with van der Waals surface area (Å²) in [7, 11) is 0. The topological polar surface area (TPSA) is 35.6 Å². The van der Waals surface area contributed by atoms with Crippen LogP contribution in [-0.2, 0) is 0 Å². The van der Waals surface area contributed by atoms with E-state index in [4.69, 9.17) is 9.97 Å². The zero-order chi connectivity index (χ0) is 41.5. The van der Waals surface area contributed by atoms with Gasteiger partial charge in [0, 0.05) is 5.69 Å². The summed E-state index contributed by atoms with van der Waals surface area (Å²) in [4.78, 5) is 11.4. The SMILES string of the molecule is c1ccc(-c2nc(-c3cccc(-n4c5ccccc5c5cc6c(cc54)c4ccccc4n6-c4ccccc4)c3)nc3[c]2[Ge]([c]2ccccc2)([c]2ccccc2)[c]2ccccc2-3)cc1. The molecule has 4 nitrogen and oxygen atoms in total. The Balaban J connectivity index is 1.07. The molecule has 0 atom stereocenters. The minimum atomic E-state index is -3.67. The molecule has 13 rings (SSSR count). The Morgan fingerprint density at radius 3 is 1.44 bits per heavy atom. The van der Waals surface area contributed by atoms with E-state index in [1.165, 1.54) is 55.7 Å². The molecule has 0 unspecified atom stereocenters. The molecule has 0 saturated heterocycles. The van der Waals surface area contributed by atoms with E-state index in [0.29, 0.717) is 0 Å². The van der Waals surface area contributed by atoms with Crippen molar-refractivity contribution in [3.8, 4) is 45.3 Å². The summed E-state index contributed by atoms with van der Waals surface area (Å²) < 4.78 is 10.3. The first kappa shape index (κ1) is 35.9. The van der Waals surface area contributed by atoms with Gasteiger partial charge >= 0.3 is 299 Å². The van der Waals surface area contributed by atoms with Crippen LogP contribution < -0.4 is 17.6 Å². The van der Waals surface area contributed by atoms with E-state index in [1.54, 1.807) is 0 Å². The molecule has 294 valence electrons. The van der Waals surface area contributed by atoms with E-state index < -0.39 is 13.3 Å². The van der Waals surface area contributed by atoms with Crippen LogP contribution >= 0.6 is 0 Å². The molecular formula is C58H38GeN4. The van der Waals surface area contributed by atoms with Crippen LogP contribution in [0.5, 0.6) is 0 Å². The number of nitrogens with zero attached hydrogens (tertiary/aromatic N) is 4. The first-order valence-electron chi connectivity index (χ1n) is 21.6. The minimum absolute atomic E-state index is 0.720. The van der Waals surface area contributed by atoms with Gasteiger partial charge in [0.15, 0.2) is 0 Å². The van der Waals surface area contributed by atoms with E-state index in [1.807, 2.05) is 0 Å². The molecule has 0 N–H and O–H groups in total. The summed E-state index contributed by atoms with van der Waals surface area (Å²) in [5, 5.41) is 4.88.